The lowest BCUT2D eigenvalue weighted by molar-refractivity contribution is -0.141. The van der Waals surface area contributed by atoms with Crippen LogP contribution in [0.5, 0.6) is 0 Å². The predicted molar refractivity (Wildman–Crippen MR) is 54.2 cm³/mol. The highest BCUT2D eigenvalue weighted by atomic mass is 32.2. The molecule has 0 heterocycles. The van der Waals surface area contributed by atoms with Crippen LogP contribution in [0.4, 0.5) is 0 Å². The van der Waals surface area contributed by atoms with E-state index in [-0.39, 0.29) is 18.6 Å². The number of carboxylic acid groups (broad SMARTS) is 1. The highest BCUT2D eigenvalue weighted by Crippen LogP contribution is 1.97. The molecule has 0 aromatic carbocycles. The third kappa shape index (κ3) is 6.89. The zero-order valence-electron chi connectivity index (χ0n) is 8.69. The number of aliphatic carboxylic acids is 1. The number of hydrogen-bond acceptors (Lipinski definition) is 4. The van der Waals surface area contributed by atoms with Crippen LogP contribution >= 0.6 is 0 Å². The Labute approximate surface area is 88.6 Å². The summed E-state index contributed by atoms with van der Waals surface area (Å²) >= 11 is 0. The Balaban J connectivity index is 4.30. The number of amides is 1. The molecule has 0 bridgehead atoms. The van der Waals surface area contributed by atoms with Crippen LogP contribution in [0, 0.1) is 0 Å². The maximum Gasteiger partial charge on any atom is 0.326 e. The van der Waals surface area contributed by atoms with Gasteiger partial charge in [0, 0.05) is 12.7 Å². The van der Waals surface area contributed by atoms with Crippen LogP contribution in [0.3, 0.4) is 0 Å². The third-order valence-electron chi connectivity index (χ3n) is 1.73. The average Bonchev–Trinajstić information content (AvgIpc) is 2.09. The second-order valence-electron chi connectivity index (χ2n) is 3.23. The highest BCUT2D eigenvalue weighted by molar-refractivity contribution is 7.90. The molecule has 15 heavy (non-hydrogen) atoms. The van der Waals surface area contributed by atoms with Crippen molar-refractivity contribution in [2.45, 2.75) is 25.8 Å². The molecule has 88 valence electrons. The highest BCUT2D eigenvalue weighted by Gasteiger charge is 2.20. The van der Waals surface area contributed by atoms with Gasteiger partial charge in [0.2, 0.25) is 5.91 Å². The molecule has 0 aromatic heterocycles. The molecule has 0 rings (SSSR count). The van der Waals surface area contributed by atoms with Crippen molar-refractivity contribution >= 4 is 21.7 Å². The number of rotatable bonds is 6. The lowest BCUT2D eigenvalue weighted by Crippen LogP contribution is -2.41. The molecule has 0 radical (unpaired) electrons. The normalized spacial score (nSPS) is 13.2. The molecule has 1 amide bonds. The Kier molecular flexibility index (Phi) is 5.27. The number of hydrogen-bond donors (Lipinski definition) is 2. The largest absolute Gasteiger partial charge is 0.480 e. The molecule has 0 saturated carbocycles. The van der Waals surface area contributed by atoms with Crippen molar-refractivity contribution < 1.29 is 23.1 Å². The summed E-state index contributed by atoms with van der Waals surface area (Å²) in [5.41, 5.74) is 0. The SMILES string of the molecule is CCC(=O)N[C@H](CCS(C)(=O)=O)C(=O)O. The molecule has 0 aliphatic carbocycles. The first kappa shape index (κ1) is 13.9. The molecule has 0 fully saturated rings. The Morgan fingerprint density at radius 1 is 1.40 bits per heavy atom. The summed E-state index contributed by atoms with van der Waals surface area (Å²) in [4.78, 5) is 21.6. The molecule has 0 aliphatic rings. The van der Waals surface area contributed by atoms with Crippen molar-refractivity contribution in [2.24, 2.45) is 0 Å². The summed E-state index contributed by atoms with van der Waals surface area (Å²) in [5, 5.41) is 10.9. The van der Waals surface area contributed by atoms with E-state index < -0.39 is 27.8 Å². The van der Waals surface area contributed by atoms with E-state index in [4.69, 9.17) is 5.11 Å². The number of carbonyl (C=O) groups excluding carboxylic acids is 1. The minimum Gasteiger partial charge on any atom is -0.480 e. The van der Waals surface area contributed by atoms with E-state index in [9.17, 15) is 18.0 Å². The van der Waals surface area contributed by atoms with E-state index >= 15 is 0 Å². The minimum atomic E-state index is -3.21. The molecule has 0 saturated heterocycles. The molecule has 7 heteroatoms. The Morgan fingerprint density at radius 2 is 1.93 bits per heavy atom. The Morgan fingerprint density at radius 3 is 2.27 bits per heavy atom. The number of carbonyl (C=O) groups is 2. The van der Waals surface area contributed by atoms with Gasteiger partial charge in [0.1, 0.15) is 15.9 Å². The fraction of sp³-hybridized carbons (Fsp3) is 0.750. The molecular formula is C8H15NO5S. The molecule has 0 unspecified atom stereocenters. The van der Waals surface area contributed by atoms with Gasteiger partial charge in [0.15, 0.2) is 0 Å². The zero-order valence-corrected chi connectivity index (χ0v) is 9.50. The summed E-state index contributed by atoms with van der Waals surface area (Å²) in [6.07, 6.45) is 1.08. The van der Waals surface area contributed by atoms with Crippen LogP contribution in [-0.4, -0.2) is 43.5 Å². The molecule has 1 atom stereocenters. The zero-order chi connectivity index (χ0) is 12.1. The van der Waals surface area contributed by atoms with E-state index in [1.807, 2.05) is 0 Å². The Hall–Kier alpha value is -1.11. The van der Waals surface area contributed by atoms with E-state index in [0.717, 1.165) is 6.26 Å². The Bertz CT molecular complexity index is 335. The first-order valence-corrected chi connectivity index (χ1v) is 6.52. The molecule has 6 nitrogen and oxygen atoms in total. The van der Waals surface area contributed by atoms with Gasteiger partial charge in [-0.1, -0.05) is 6.92 Å². The van der Waals surface area contributed by atoms with E-state index in [1.165, 1.54) is 0 Å². The summed E-state index contributed by atoms with van der Waals surface area (Å²) in [6, 6.07) is -1.13. The van der Waals surface area contributed by atoms with Crippen LogP contribution < -0.4 is 5.32 Å². The molecule has 0 spiro atoms. The molecule has 0 aliphatic heterocycles. The lowest BCUT2D eigenvalue weighted by Gasteiger charge is -2.12. The standard InChI is InChI=1S/C8H15NO5S/c1-3-7(10)9-6(8(11)12)4-5-15(2,13)14/h6H,3-5H2,1-2H3,(H,9,10)(H,11,12)/t6-/m1/s1. The van der Waals surface area contributed by atoms with Crippen molar-refractivity contribution in [3.63, 3.8) is 0 Å². The first-order valence-electron chi connectivity index (χ1n) is 4.46. The van der Waals surface area contributed by atoms with E-state index in [1.54, 1.807) is 6.92 Å². The van der Waals surface area contributed by atoms with Crippen molar-refractivity contribution in [3.05, 3.63) is 0 Å². The topological polar surface area (TPSA) is 101 Å². The maximum atomic E-state index is 10.9. The number of nitrogens with one attached hydrogen (secondary N) is 1. The van der Waals surface area contributed by atoms with Gasteiger partial charge in [-0.25, -0.2) is 13.2 Å². The van der Waals surface area contributed by atoms with Crippen LogP contribution in [0.2, 0.25) is 0 Å². The van der Waals surface area contributed by atoms with Gasteiger partial charge < -0.3 is 10.4 Å². The average molecular weight is 237 g/mol. The maximum absolute atomic E-state index is 10.9. The quantitative estimate of drug-likeness (QED) is 0.642. The fourth-order valence-electron chi connectivity index (χ4n) is 0.886. The summed E-state index contributed by atoms with van der Waals surface area (Å²) in [5.74, 6) is -1.88. The van der Waals surface area contributed by atoms with Gasteiger partial charge in [-0.3, -0.25) is 4.79 Å². The first-order chi connectivity index (χ1) is 6.76. The van der Waals surface area contributed by atoms with Gasteiger partial charge in [0.25, 0.3) is 0 Å². The van der Waals surface area contributed by atoms with Crippen LogP contribution in [0.1, 0.15) is 19.8 Å². The van der Waals surface area contributed by atoms with Crippen molar-refractivity contribution in [2.75, 3.05) is 12.0 Å². The lowest BCUT2D eigenvalue weighted by atomic mass is 10.2. The minimum absolute atomic E-state index is 0.111. The molecule has 2 N–H and O–H groups in total. The van der Waals surface area contributed by atoms with Crippen molar-refractivity contribution in [3.8, 4) is 0 Å². The van der Waals surface area contributed by atoms with Gasteiger partial charge in [-0.15, -0.1) is 0 Å². The van der Waals surface area contributed by atoms with E-state index in [2.05, 4.69) is 5.32 Å². The second kappa shape index (κ2) is 5.69. The van der Waals surface area contributed by atoms with Crippen LogP contribution in [-0.2, 0) is 19.4 Å². The van der Waals surface area contributed by atoms with Gasteiger partial charge in [-0.2, -0.15) is 0 Å². The van der Waals surface area contributed by atoms with Crippen LogP contribution in [0.15, 0.2) is 0 Å². The van der Waals surface area contributed by atoms with Gasteiger partial charge in [-0.05, 0) is 6.42 Å². The second-order valence-corrected chi connectivity index (χ2v) is 5.49. The predicted octanol–water partition coefficient (Wildman–Crippen LogP) is -0.599. The third-order valence-corrected chi connectivity index (χ3v) is 2.71. The smallest absolute Gasteiger partial charge is 0.326 e. The monoisotopic (exact) mass is 237 g/mol. The van der Waals surface area contributed by atoms with Crippen molar-refractivity contribution in [1.29, 1.82) is 0 Å². The fourth-order valence-corrected chi connectivity index (χ4v) is 1.55. The number of sulfone groups is 1. The van der Waals surface area contributed by atoms with Crippen LogP contribution in [0.25, 0.3) is 0 Å². The summed E-state index contributed by atoms with van der Waals surface area (Å²) in [7, 11) is -3.21. The molecule has 0 aromatic rings. The van der Waals surface area contributed by atoms with Crippen molar-refractivity contribution in [1.82, 2.24) is 5.32 Å². The van der Waals surface area contributed by atoms with E-state index in [0.29, 0.717) is 0 Å². The summed E-state index contributed by atoms with van der Waals surface area (Å²) < 4.78 is 21.6. The van der Waals surface area contributed by atoms with Gasteiger partial charge >= 0.3 is 5.97 Å². The van der Waals surface area contributed by atoms with Gasteiger partial charge in [0.05, 0.1) is 5.75 Å². The molecular weight excluding hydrogens is 222 g/mol. The number of carboxylic acids is 1. The summed E-state index contributed by atoms with van der Waals surface area (Å²) in [6.45, 7) is 1.59.